The molecule has 3 aromatic rings. The molecule has 0 bridgehead atoms. The standard InChI is InChI=1S/C21H32N2O3.C16H24N2O.C14H22N2O2.C7H12O2.C4H8O2.ClH/c1-21(2,3)26-20(25)22-14-8-10-16-9-7-13-18(15-16)23-19(24)17-11-5-4-6-12-17;17-11-5-7-13-6-4-10-15(12-13)18-16(19)14-8-2-1-3-9-14;1-14(2,3)18-13(17)16-9-5-7-11-6-4-8-12(15)10-11;8-7(9)6-4-2-1-3-5-6;1-3-6-4(2)5;/h7,9,13,15,17H,4-6,8,10-12,14H2,1-3H3,(H,22,25)(H,23,24);4,6,10,12,14H,1-3,5,7-9,11,17H2,(H,18,19);4,6,8,10H,5,7,9,15H2,1-3H3,(H,16,17);6H,1-5H2,(H,8,9);3H2,1-2H3;1H. The molecule has 3 fully saturated rings. The number of nitrogens with two attached hydrogens (primary N) is 2. The van der Waals surface area contributed by atoms with Crippen LogP contribution in [0.2, 0.25) is 0 Å². The quantitative estimate of drug-likeness (QED) is 0.0289. The smallest absolute Gasteiger partial charge is 0.407 e. The number of ether oxygens (including phenoxy) is 3. The molecule has 3 aromatic carbocycles. The number of aliphatic carboxylic acids is 1. The van der Waals surface area contributed by atoms with Gasteiger partial charge in [-0.15, -0.1) is 12.4 Å². The molecular formula is C62H99ClN6O10. The molecule has 0 atom stereocenters. The number of halogens is 1. The van der Waals surface area contributed by atoms with Crippen LogP contribution in [-0.4, -0.2) is 78.5 Å². The van der Waals surface area contributed by atoms with Crippen LogP contribution in [0.25, 0.3) is 0 Å². The first kappa shape index (κ1) is 71.1. The van der Waals surface area contributed by atoms with Crippen LogP contribution >= 0.6 is 12.4 Å². The van der Waals surface area contributed by atoms with Crippen molar-refractivity contribution in [2.24, 2.45) is 23.5 Å². The van der Waals surface area contributed by atoms with Crippen molar-refractivity contribution in [2.75, 3.05) is 42.6 Å². The van der Waals surface area contributed by atoms with Gasteiger partial charge in [-0.2, -0.15) is 0 Å². The van der Waals surface area contributed by atoms with E-state index in [2.05, 4.69) is 38.1 Å². The van der Waals surface area contributed by atoms with E-state index >= 15 is 0 Å². The summed E-state index contributed by atoms with van der Waals surface area (Å²) in [6.45, 7) is 16.6. The number of nitrogen functional groups attached to an aromatic ring is 1. The molecule has 3 saturated carbocycles. The number of aryl methyl sites for hydroxylation is 3. The van der Waals surface area contributed by atoms with E-state index in [0.29, 0.717) is 26.2 Å². The number of rotatable bonds is 17. The lowest BCUT2D eigenvalue weighted by molar-refractivity contribution is -0.143. The van der Waals surface area contributed by atoms with Gasteiger partial charge >= 0.3 is 24.1 Å². The lowest BCUT2D eigenvalue weighted by Gasteiger charge is -2.21. The fraction of sp³-hybridized carbons (Fsp3) is 0.613. The van der Waals surface area contributed by atoms with Crippen LogP contribution in [0.3, 0.4) is 0 Å². The van der Waals surface area contributed by atoms with Gasteiger partial charge in [0.1, 0.15) is 11.2 Å². The first-order chi connectivity index (χ1) is 37.1. The Bertz CT molecular complexity index is 2210. The van der Waals surface area contributed by atoms with Crippen LogP contribution in [0.15, 0.2) is 72.8 Å². The molecule has 0 spiro atoms. The van der Waals surface area contributed by atoms with E-state index in [9.17, 15) is 28.8 Å². The van der Waals surface area contributed by atoms with E-state index in [1.807, 2.05) is 102 Å². The van der Waals surface area contributed by atoms with Gasteiger partial charge in [-0.05, 0) is 185 Å². The van der Waals surface area contributed by atoms with Crippen LogP contribution in [0, 0.1) is 17.8 Å². The number of amides is 4. The summed E-state index contributed by atoms with van der Waals surface area (Å²) in [7, 11) is 0. The molecular weight excluding hydrogens is 1020 g/mol. The number of alkyl carbamates (subject to hydrolysis) is 2. The summed E-state index contributed by atoms with van der Waals surface area (Å²) in [6.07, 6.45) is 21.2. The van der Waals surface area contributed by atoms with Gasteiger partial charge in [-0.25, -0.2) is 9.59 Å². The Morgan fingerprint density at radius 2 is 0.924 bits per heavy atom. The van der Waals surface area contributed by atoms with Crippen LogP contribution < -0.4 is 32.7 Å². The molecule has 3 aliphatic carbocycles. The average molecular weight is 1120 g/mol. The maximum Gasteiger partial charge on any atom is 0.407 e. The number of carbonyl (C=O) groups is 6. The van der Waals surface area contributed by atoms with Crippen LogP contribution in [0.4, 0.5) is 26.7 Å². The van der Waals surface area contributed by atoms with Crippen molar-refractivity contribution in [3.05, 3.63) is 89.5 Å². The average Bonchev–Trinajstić information content (AvgIpc) is 3.39. The normalized spacial score (nSPS) is 14.5. The molecule has 79 heavy (non-hydrogen) atoms. The third kappa shape index (κ3) is 36.1. The summed E-state index contributed by atoms with van der Waals surface area (Å²) in [5.74, 6) is -0.137. The third-order valence-corrected chi connectivity index (χ3v) is 12.9. The second-order valence-electron chi connectivity index (χ2n) is 22.3. The van der Waals surface area contributed by atoms with E-state index in [0.717, 1.165) is 125 Å². The highest BCUT2D eigenvalue weighted by Gasteiger charge is 2.23. The summed E-state index contributed by atoms with van der Waals surface area (Å²) in [5.41, 5.74) is 16.4. The number of carboxylic acid groups (broad SMARTS) is 1. The van der Waals surface area contributed by atoms with Gasteiger partial charge in [0.05, 0.1) is 12.5 Å². The monoisotopic (exact) mass is 1120 g/mol. The Kier molecular flexibility index (Phi) is 36.3. The predicted octanol–water partition coefficient (Wildman–Crippen LogP) is 13.1. The van der Waals surface area contributed by atoms with Crippen molar-refractivity contribution < 1.29 is 48.1 Å². The fourth-order valence-corrected chi connectivity index (χ4v) is 9.03. The van der Waals surface area contributed by atoms with E-state index in [-0.39, 0.29) is 60.1 Å². The molecule has 0 radical (unpaired) electrons. The van der Waals surface area contributed by atoms with E-state index in [4.69, 9.17) is 26.0 Å². The van der Waals surface area contributed by atoms with Gasteiger partial charge in [-0.3, -0.25) is 19.2 Å². The molecule has 0 unspecified atom stereocenters. The summed E-state index contributed by atoms with van der Waals surface area (Å²) in [6, 6.07) is 23.9. The highest BCUT2D eigenvalue weighted by Crippen LogP contribution is 2.27. The van der Waals surface area contributed by atoms with Crippen LogP contribution in [0.5, 0.6) is 0 Å². The zero-order chi connectivity index (χ0) is 57.8. The number of benzene rings is 3. The summed E-state index contributed by atoms with van der Waals surface area (Å²) in [4.78, 5) is 67.7. The fourth-order valence-electron chi connectivity index (χ4n) is 9.03. The minimum absolute atomic E-state index is 0. The molecule has 6 rings (SSSR count). The molecule has 0 aliphatic heterocycles. The molecule has 16 nitrogen and oxygen atoms in total. The molecule has 3 aliphatic rings. The summed E-state index contributed by atoms with van der Waals surface area (Å²) in [5, 5.41) is 20.2. The lowest BCUT2D eigenvalue weighted by Crippen LogP contribution is -2.33. The number of esters is 1. The minimum Gasteiger partial charge on any atom is -0.481 e. The molecule has 0 saturated heterocycles. The number of nitrogens with one attached hydrogen (secondary N) is 4. The Labute approximate surface area is 479 Å². The second kappa shape index (κ2) is 40.3. The van der Waals surface area contributed by atoms with Crippen LogP contribution in [0.1, 0.15) is 188 Å². The zero-order valence-corrected chi connectivity index (χ0v) is 49.8. The van der Waals surface area contributed by atoms with E-state index < -0.39 is 17.2 Å². The highest BCUT2D eigenvalue weighted by molar-refractivity contribution is 5.93. The first-order valence-electron chi connectivity index (χ1n) is 28.7. The van der Waals surface area contributed by atoms with Gasteiger partial charge in [0.15, 0.2) is 0 Å². The molecule has 0 heterocycles. The van der Waals surface area contributed by atoms with Gasteiger partial charge in [-0.1, -0.05) is 94.2 Å². The summed E-state index contributed by atoms with van der Waals surface area (Å²) < 4.78 is 14.8. The maximum atomic E-state index is 12.4. The zero-order valence-electron chi connectivity index (χ0n) is 49.0. The van der Waals surface area contributed by atoms with Crippen molar-refractivity contribution in [3.8, 4) is 0 Å². The minimum atomic E-state index is -0.602. The first-order valence-corrected chi connectivity index (χ1v) is 28.7. The SMILES string of the molecule is CC(C)(C)OC(=O)NCCCc1cccc(N)c1.CC(C)(C)OC(=O)NCCCc1cccc(NC(=O)C2CCCCC2)c1.CCOC(C)=O.Cl.NCCCc1cccc(NC(=O)C2CCCCC2)c1.O=C(O)C1CCCCC1. The Morgan fingerprint density at radius 1 is 0.557 bits per heavy atom. The number of hydrogen-bond acceptors (Lipinski definition) is 11. The number of anilines is 3. The largest absolute Gasteiger partial charge is 0.481 e. The van der Waals surface area contributed by atoms with Crippen molar-refractivity contribution in [1.82, 2.24) is 10.6 Å². The molecule has 9 N–H and O–H groups in total. The van der Waals surface area contributed by atoms with Crippen LogP contribution in [-0.2, 0) is 52.7 Å². The predicted molar refractivity (Wildman–Crippen MR) is 320 cm³/mol. The second-order valence-corrected chi connectivity index (χ2v) is 22.3. The van der Waals surface area contributed by atoms with Crippen molar-refractivity contribution in [3.63, 3.8) is 0 Å². The Hall–Kier alpha value is -5.87. The van der Waals surface area contributed by atoms with Crippen molar-refractivity contribution in [2.45, 2.75) is 201 Å². The lowest BCUT2D eigenvalue weighted by atomic mass is 9.88. The topological polar surface area (TPSA) is 250 Å². The maximum absolute atomic E-state index is 12.4. The van der Waals surface area contributed by atoms with Crippen molar-refractivity contribution >= 4 is 65.4 Å². The molecule has 4 amide bonds. The summed E-state index contributed by atoms with van der Waals surface area (Å²) >= 11 is 0. The van der Waals surface area contributed by atoms with Crippen molar-refractivity contribution in [1.29, 1.82) is 0 Å². The molecule has 17 heteroatoms. The highest BCUT2D eigenvalue weighted by atomic mass is 35.5. The van der Waals surface area contributed by atoms with Gasteiger partial charge in [0, 0.05) is 48.9 Å². The number of carboxylic acids is 1. The van der Waals surface area contributed by atoms with Gasteiger partial charge < -0.3 is 52.1 Å². The molecule has 0 aromatic heterocycles. The number of hydrogen-bond donors (Lipinski definition) is 7. The Morgan fingerprint density at radius 3 is 1.24 bits per heavy atom. The number of carbonyl (C=O) groups excluding carboxylic acids is 5. The van der Waals surface area contributed by atoms with E-state index in [1.165, 1.54) is 50.2 Å². The third-order valence-electron chi connectivity index (χ3n) is 12.9. The van der Waals surface area contributed by atoms with Gasteiger partial charge in [0.2, 0.25) is 11.8 Å². The Balaban J connectivity index is 0.000000527. The van der Waals surface area contributed by atoms with E-state index in [1.54, 1.807) is 6.92 Å². The van der Waals surface area contributed by atoms with Gasteiger partial charge in [0.25, 0.3) is 0 Å². The molecule has 444 valence electrons.